The average Bonchev–Trinajstić information content (AvgIpc) is 2.96. The van der Waals surface area contributed by atoms with Gasteiger partial charge in [0.2, 0.25) is 0 Å². The van der Waals surface area contributed by atoms with Crippen LogP contribution in [0, 0.1) is 0 Å². The lowest BCUT2D eigenvalue weighted by molar-refractivity contribution is -0.134. The van der Waals surface area contributed by atoms with Crippen LogP contribution in [-0.4, -0.2) is 22.6 Å². The maximum absolute atomic E-state index is 11.2. The number of fused-ring (bicyclic) bond motifs is 1. The normalized spacial score (nSPS) is 11.1. The fraction of sp³-hybridized carbons (Fsp3) is 0.111. The lowest BCUT2D eigenvalue weighted by Crippen LogP contribution is -1.99. The van der Waals surface area contributed by atoms with E-state index in [1.54, 1.807) is 6.08 Å². The van der Waals surface area contributed by atoms with Gasteiger partial charge >= 0.3 is 5.97 Å². The third-order valence-electron chi connectivity index (χ3n) is 3.42. The lowest BCUT2D eigenvalue weighted by atomic mass is 10.2. The summed E-state index contributed by atoms with van der Waals surface area (Å²) in [5.41, 5.74) is 2.85. The minimum absolute atomic E-state index is 0.387. The van der Waals surface area contributed by atoms with Gasteiger partial charge in [-0.2, -0.15) is 0 Å². The van der Waals surface area contributed by atoms with Gasteiger partial charge in [-0.1, -0.05) is 30.3 Å². The van der Waals surface area contributed by atoms with E-state index in [0.717, 1.165) is 23.3 Å². The summed E-state index contributed by atoms with van der Waals surface area (Å²) in [5, 5.41) is 1.08. The number of ether oxygens (including phenoxy) is 1. The van der Waals surface area contributed by atoms with Gasteiger partial charge in [0.1, 0.15) is 5.65 Å². The number of aromatic nitrogens is 2. The van der Waals surface area contributed by atoms with Crippen LogP contribution >= 0.6 is 0 Å². The second kappa shape index (κ2) is 6.26. The third kappa shape index (κ3) is 3.06. The molecule has 0 aliphatic heterocycles. The third-order valence-corrected chi connectivity index (χ3v) is 3.42. The molecule has 4 heteroatoms. The number of benzene rings is 1. The summed E-state index contributed by atoms with van der Waals surface area (Å²) in [7, 11) is 1.36. The molecule has 0 saturated heterocycles. The highest BCUT2D eigenvalue weighted by Crippen LogP contribution is 2.16. The quantitative estimate of drug-likeness (QED) is 0.547. The first-order valence-corrected chi connectivity index (χ1v) is 7.02. The number of carbonyl (C=O) groups excluding carboxylic acids is 1. The number of carbonyl (C=O) groups is 1. The summed E-state index contributed by atoms with van der Waals surface area (Å²) in [4.78, 5) is 15.8. The monoisotopic (exact) mass is 292 g/mol. The summed E-state index contributed by atoms with van der Waals surface area (Å²) in [6.45, 7) is 0.765. The summed E-state index contributed by atoms with van der Waals surface area (Å²) < 4.78 is 6.69. The number of pyridine rings is 1. The van der Waals surface area contributed by atoms with Crippen molar-refractivity contribution in [3.8, 4) is 0 Å². The van der Waals surface area contributed by atoms with Crippen LogP contribution in [0.3, 0.4) is 0 Å². The number of methoxy groups -OCH3 is 1. The molecule has 3 rings (SSSR count). The summed E-state index contributed by atoms with van der Waals surface area (Å²) in [6, 6.07) is 16.2. The smallest absolute Gasteiger partial charge is 0.330 e. The van der Waals surface area contributed by atoms with Gasteiger partial charge in [-0.15, -0.1) is 0 Å². The van der Waals surface area contributed by atoms with Crippen molar-refractivity contribution in [1.82, 2.24) is 9.55 Å². The van der Waals surface area contributed by atoms with E-state index < -0.39 is 0 Å². The number of hydrogen-bond acceptors (Lipinski definition) is 3. The van der Waals surface area contributed by atoms with E-state index >= 15 is 0 Å². The van der Waals surface area contributed by atoms with E-state index in [1.807, 2.05) is 42.6 Å². The Morgan fingerprint density at radius 1 is 1.18 bits per heavy atom. The number of rotatable bonds is 4. The summed E-state index contributed by atoms with van der Waals surface area (Å²) >= 11 is 0. The minimum atomic E-state index is -0.387. The molecule has 4 nitrogen and oxygen atoms in total. The van der Waals surface area contributed by atoms with Crippen molar-refractivity contribution in [2.75, 3.05) is 7.11 Å². The van der Waals surface area contributed by atoms with Crippen molar-refractivity contribution in [2.24, 2.45) is 0 Å². The fourth-order valence-electron chi connectivity index (χ4n) is 2.30. The van der Waals surface area contributed by atoms with Crippen LogP contribution < -0.4 is 0 Å². The zero-order chi connectivity index (χ0) is 15.4. The maximum Gasteiger partial charge on any atom is 0.330 e. The van der Waals surface area contributed by atoms with E-state index in [-0.39, 0.29) is 5.97 Å². The molecule has 0 aliphatic carbocycles. The van der Waals surface area contributed by atoms with Crippen molar-refractivity contribution < 1.29 is 9.53 Å². The molecule has 3 aromatic rings. The molecule has 0 unspecified atom stereocenters. The Bertz CT molecular complexity index is 819. The molecule has 2 heterocycles. The molecule has 1 aromatic carbocycles. The average molecular weight is 292 g/mol. The van der Waals surface area contributed by atoms with Gasteiger partial charge in [0, 0.05) is 24.2 Å². The van der Waals surface area contributed by atoms with Crippen LogP contribution in [-0.2, 0) is 16.1 Å². The van der Waals surface area contributed by atoms with Gasteiger partial charge in [-0.05, 0) is 29.8 Å². The summed E-state index contributed by atoms with van der Waals surface area (Å²) in [5.74, 6) is -0.387. The predicted octanol–water partition coefficient (Wildman–Crippen LogP) is 3.27. The van der Waals surface area contributed by atoms with Gasteiger partial charge in [-0.3, -0.25) is 0 Å². The second-order valence-corrected chi connectivity index (χ2v) is 4.93. The molecule has 0 bridgehead atoms. The second-order valence-electron chi connectivity index (χ2n) is 4.93. The first-order valence-electron chi connectivity index (χ1n) is 7.02. The number of hydrogen-bond donors (Lipinski definition) is 0. The SMILES string of the molecule is COC(=O)/C=C/c1ccc2ccn(Cc3ccccc3)c2n1. The highest BCUT2D eigenvalue weighted by atomic mass is 16.5. The zero-order valence-corrected chi connectivity index (χ0v) is 12.3. The Morgan fingerprint density at radius 3 is 2.77 bits per heavy atom. The molecule has 0 atom stereocenters. The Hall–Kier alpha value is -2.88. The molecular formula is C18H16N2O2. The summed E-state index contributed by atoms with van der Waals surface area (Å²) in [6.07, 6.45) is 5.06. The Morgan fingerprint density at radius 2 is 2.00 bits per heavy atom. The Labute approximate surface area is 128 Å². The largest absolute Gasteiger partial charge is 0.466 e. The molecule has 0 radical (unpaired) electrons. The molecule has 0 amide bonds. The molecule has 0 fully saturated rings. The van der Waals surface area contributed by atoms with Gasteiger partial charge in [-0.25, -0.2) is 9.78 Å². The van der Waals surface area contributed by atoms with Crippen molar-refractivity contribution in [3.05, 3.63) is 72.1 Å². The zero-order valence-electron chi connectivity index (χ0n) is 12.3. The molecule has 0 spiro atoms. The van der Waals surface area contributed by atoms with Gasteiger partial charge < -0.3 is 9.30 Å². The van der Waals surface area contributed by atoms with Crippen LogP contribution in [0.5, 0.6) is 0 Å². The lowest BCUT2D eigenvalue weighted by Gasteiger charge is -2.05. The molecule has 110 valence electrons. The van der Waals surface area contributed by atoms with Crippen LogP contribution in [0.2, 0.25) is 0 Å². The minimum Gasteiger partial charge on any atom is -0.466 e. The first kappa shape index (κ1) is 14.1. The van der Waals surface area contributed by atoms with Crippen LogP contribution in [0.4, 0.5) is 0 Å². The van der Waals surface area contributed by atoms with Crippen LogP contribution in [0.15, 0.2) is 60.8 Å². The predicted molar refractivity (Wildman–Crippen MR) is 86.3 cm³/mol. The number of nitrogens with zero attached hydrogens (tertiary/aromatic N) is 2. The van der Waals surface area contributed by atoms with E-state index in [1.165, 1.54) is 18.7 Å². The molecule has 0 aliphatic rings. The highest BCUT2D eigenvalue weighted by Gasteiger charge is 2.04. The van der Waals surface area contributed by atoms with Crippen molar-refractivity contribution in [1.29, 1.82) is 0 Å². The highest BCUT2D eigenvalue weighted by molar-refractivity contribution is 5.87. The molecular weight excluding hydrogens is 276 g/mol. The molecule has 2 aromatic heterocycles. The molecule has 0 saturated carbocycles. The van der Waals surface area contributed by atoms with Crippen molar-refractivity contribution in [2.45, 2.75) is 6.54 Å². The topological polar surface area (TPSA) is 44.1 Å². The van der Waals surface area contributed by atoms with Gasteiger partial charge in [0.05, 0.1) is 12.8 Å². The Kier molecular flexibility index (Phi) is 4.01. The van der Waals surface area contributed by atoms with Gasteiger partial charge in [0.25, 0.3) is 0 Å². The number of esters is 1. The first-order chi connectivity index (χ1) is 10.8. The van der Waals surface area contributed by atoms with Crippen molar-refractivity contribution >= 4 is 23.1 Å². The van der Waals surface area contributed by atoms with Gasteiger partial charge in [0.15, 0.2) is 0 Å². The van der Waals surface area contributed by atoms with E-state index in [2.05, 4.69) is 26.4 Å². The maximum atomic E-state index is 11.2. The van der Waals surface area contributed by atoms with Crippen LogP contribution in [0.25, 0.3) is 17.1 Å². The Balaban J connectivity index is 1.92. The fourth-order valence-corrected chi connectivity index (χ4v) is 2.30. The van der Waals surface area contributed by atoms with E-state index in [0.29, 0.717) is 0 Å². The molecule has 0 N–H and O–H groups in total. The van der Waals surface area contributed by atoms with E-state index in [4.69, 9.17) is 0 Å². The van der Waals surface area contributed by atoms with Crippen molar-refractivity contribution in [3.63, 3.8) is 0 Å². The standard InChI is InChI=1S/C18H16N2O2/c1-22-17(21)10-9-16-8-7-15-11-12-20(18(15)19-16)13-14-5-3-2-4-6-14/h2-12H,13H2,1H3/b10-9+. The van der Waals surface area contributed by atoms with E-state index in [9.17, 15) is 4.79 Å². The molecule has 22 heavy (non-hydrogen) atoms. The van der Waals surface area contributed by atoms with Crippen LogP contribution in [0.1, 0.15) is 11.3 Å².